The van der Waals surface area contributed by atoms with E-state index in [1.54, 1.807) is 18.2 Å². The molecule has 0 saturated heterocycles. The van der Waals surface area contributed by atoms with Gasteiger partial charge in [0.2, 0.25) is 0 Å². The summed E-state index contributed by atoms with van der Waals surface area (Å²) in [7, 11) is 0. The number of carbonyl (C=O) groups excluding carboxylic acids is 1. The van der Waals surface area contributed by atoms with E-state index in [9.17, 15) is 13.6 Å². The van der Waals surface area contributed by atoms with E-state index in [0.29, 0.717) is 10.7 Å². The first-order valence-electron chi connectivity index (χ1n) is 5.79. The second-order valence-electron chi connectivity index (χ2n) is 4.01. The Balaban J connectivity index is 1.96. The molecule has 2 rings (SSSR count). The van der Waals surface area contributed by atoms with Gasteiger partial charge in [-0.3, -0.25) is 4.79 Å². The smallest absolute Gasteiger partial charge is 0.262 e. The van der Waals surface area contributed by atoms with Gasteiger partial charge in [-0.1, -0.05) is 29.3 Å². The van der Waals surface area contributed by atoms with Crippen molar-refractivity contribution in [2.24, 2.45) is 0 Å². The van der Waals surface area contributed by atoms with E-state index in [1.165, 1.54) is 6.07 Å². The first kappa shape index (κ1) is 15.5. The molecular weight excluding hydrogens is 323 g/mol. The standard InChI is InChI=1S/C14H9Cl2F2NO2/c15-9-2-1-3-12(14(9)16)19-13(20)7-21-8-4-5-10(17)11(18)6-8/h1-6H,7H2,(H,19,20). The van der Waals surface area contributed by atoms with Crippen molar-refractivity contribution in [2.75, 3.05) is 11.9 Å². The molecule has 2 aromatic rings. The molecule has 2 aromatic carbocycles. The van der Waals surface area contributed by atoms with Gasteiger partial charge in [-0.15, -0.1) is 0 Å². The van der Waals surface area contributed by atoms with Crippen LogP contribution in [-0.2, 0) is 4.79 Å². The predicted octanol–water partition coefficient (Wildman–Crippen LogP) is 4.29. The molecule has 7 heteroatoms. The second kappa shape index (κ2) is 6.74. The van der Waals surface area contributed by atoms with E-state index in [0.717, 1.165) is 12.1 Å². The lowest BCUT2D eigenvalue weighted by molar-refractivity contribution is -0.118. The van der Waals surface area contributed by atoms with Gasteiger partial charge in [0.25, 0.3) is 5.91 Å². The lowest BCUT2D eigenvalue weighted by atomic mass is 10.3. The zero-order valence-corrected chi connectivity index (χ0v) is 12.0. The fraction of sp³-hybridized carbons (Fsp3) is 0.0714. The van der Waals surface area contributed by atoms with Gasteiger partial charge in [0.15, 0.2) is 18.2 Å². The third-order valence-corrected chi connectivity index (χ3v) is 3.31. The Hall–Kier alpha value is -1.85. The summed E-state index contributed by atoms with van der Waals surface area (Å²) < 4.78 is 30.7. The fourth-order valence-electron chi connectivity index (χ4n) is 1.50. The van der Waals surface area contributed by atoms with Crippen LogP contribution >= 0.6 is 23.2 Å². The first-order chi connectivity index (χ1) is 9.97. The summed E-state index contributed by atoms with van der Waals surface area (Å²) in [6.45, 7) is -0.381. The van der Waals surface area contributed by atoms with Crippen LogP contribution in [0.2, 0.25) is 10.0 Å². The summed E-state index contributed by atoms with van der Waals surface area (Å²) in [6, 6.07) is 7.77. The van der Waals surface area contributed by atoms with E-state index in [1.807, 2.05) is 0 Å². The molecular formula is C14H9Cl2F2NO2. The third kappa shape index (κ3) is 4.06. The average Bonchev–Trinajstić information content (AvgIpc) is 2.45. The number of hydrogen-bond acceptors (Lipinski definition) is 2. The number of hydrogen-bond donors (Lipinski definition) is 1. The number of benzene rings is 2. The lowest BCUT2D eigenvalue weighted by Crippen LogP contribution is -2.20. The number of ether oxygens (including phenoxy) is 1. The molecule has 0 spiro atoms. The molecule has 0 aromatic heterocycles. The van der Waals surface area contributed by atoms with Crippen molar-refractivity contribution in [3.8, 4) is 5.75 Å². The number of rotatable bonds is 4. The molecule has 0 saturated carbocycles. The van der Waals surface area contributed by atoms with Crippen molar-refractivity contribution in [1.82, 2.24) is 0 Å². The molecule has 1 N–H and O–H groups in total. The van der Waals surface area contributed by atoms with Gasteiger partial charge in [0.05, 0.1) is 15.7 Å². The molecule has 0 heterocycles. The minimum Gasteiger partial charge on any atom is -0.484 e. The Morgan fingerprint density at radius 2 is 1.90 bits per heavy atom. The van der Waals surface area contributed by atoms with Crippen LogP contribution in [-0.4, -0.2) is 12.5 Å². The topological polar surface area (TPSA) is 38.3 Å². The number of carbonyl (C=O) groups is 1. The quantitative estimate of drug-likeness (QED) is 0.907. The van der Waals surface area contributed by atoms with E-state index in [2.05, 4.69) is 5.32 Å². The summed E-state index contributed by atoms with van der Waals surface area (Å²) in [5.41, 5.74) is 0.336. The molecule has 0 aliphatic heterocycles. The number of anilines is 1. The molecule has 0 aliphatic rings. The molecule has 0 radical (unpaired) electrons. The summed E-state index contributed by atoms with van der Waals surface area (Å²) in [6.07, 6.45) is 0. The van der Waals surface area contributed by atoms with Gasteiger partial charge in [-0.25, -0.2) is 8.78 Å². The van der Waals surface area contributed by atoms with E-state index in [-0.39, 0.29) is 17.4 Å². The van der Waals surface area contributed by atoms with Gasteiger partial charge in [0, 0.05) is 6.07 Å². The molecule has 0 bridgehead atoms. The maximum atomic E-state index is 13.0. The summed E-state index contributed by atoms with van der Waals surface area (Å²) >= 11 is 11.7. The molecule has 0 aliphatic carbocycles. The monoisotopic (exact) mass is 331 g/mol. The van der Waals surface area contributed by atoms with Crippen molar-refractivity contribution in [1.29, 1.82) is 0 Å². The molecule has 1 amide bonds. The summed E-state index contributed by atoms with van der Waals surface area (Å²) in [5.74, 6) is -2.51. The Labute approximate surface area is 129 Å². The van der Waals surface area contributed by atoms with Gasteiger partial charge in [0.1, 0.15) is 5.75 Å². The van der Waals surface area contributed by atoms with Crippen LogP contribution in [0, 0.1) is 11.6 Å². The molecule has 0 atom stereocenters. The van der Waals surface area contributed by atoms with E-state index >= 15 is 0 Å². The zero-order valence-electron chi connectivity index (χ0n) is 10.5. The molecule has 0 unspecified atom stereocenters. The Kier molecular flexibility index (Phi) is 4.98. The van der Waals surface area contributed by atoms with E-state index < -0.39 is 17.5 Å². The maximum absolute atomic E-state index is 13.0. The Morgan fingerprint density at radius 1 is 1.14 bits per heavy atom. The summed E-state index contributed by atoms with van der Waals surface area (Å²) in [4.78, 5) is 11.7. The van der Waals surface area contributed by atoms with Gasteiger partial charge >= 0.3 is 0 Å². The molecule has 0 fully saturated rings. The highest BCUT2D eigenvalue weighted by molar-refractivity contribution is 6.43. The van der Waals surface area contributed by atoms with Crippen molar-refractivity contribution < 1.29 is 18.3 Å². The number of amides is 1. The highest BCUT2D eigenvalue weighted by Gasteiger charge is 2.10. The number of nitrogens with one attached hydrogen (secondary N) is 1. The van der Waals surface area contributed by atoms with Crippen LogP contribution in [0.3, 0.4) is 0 Å². The van der Waals surface area contributed by atoms with Crippen molar-refractivity contribution in [2.45, 2.75) is 0 Å². The van der Waals surface area contributed by atoms with Gasteiger partial charge in [-0.2, -0.15) is 0 Å². The van der Waals surface area contributed by atoms with Crippen molar-refractivity contribution in [3.63, 3.8) is 0 Å². The maximum Gasteiger partial charge on any atom is 0.262 e. The minimum absolute atomic E-state index is 0.0428. The first-order valence-corrected chi connectivity index (χ1v) is 6.54. The third-order valence-electron chi connectivity index (χ3n) is 2.49. The van der Waals surface area contributed by atoms with Crippen LogP contribution in [0.25, 0.3) is 0 Å². The average molecular weight is 332 g/mol. The van der Waals surface area contributed by atoms with Crippen LogP contribution in [0.4, 0.5) is 14.5 Å². The molecule has 21 heavy (non-hydrogen) atoms. The van der Waals surface area contributed by atoms with Crippen LogP contribution < -0.4 is 10.1 Å². The normalized spacial score (nSPS) is 10.3. The van der Waals surface area contributed by atoms with Crippen LogP contribution in [0.15, 0.2) is 36.4 Å². The van der Waals surface area contributed by atoms with Gasteiger partial charge < -0.3 is 10.1 Å². The predicted molar refractivity (Wildman–Crippen MR) is 76.9 cm³/mol. The zero-order chi connectivity index (χ0) is 15.4. The van der Waals surface area contributed by atoms with Crippen LogP contribution in [0.1, 0.15) is 0 Å². The Morgan fingerprint density at radius 3 is 2.62 bits per heavy atom. The largest absolute Gasteiger partial charge is 0.484 e. The van der Waals surface area contributed by atoms with E-state index in [4.69, 9.17) is 27.9 Å². The molecule has 110 valence electrons. The summed E-state index contributed by atoms with van der Waals surface area (Å²) in [5, 5.41) is 3.01. The highest BCUT2D eigenvalue weighted by atomic mass is 35.5. The van der Waals surface area contributed by atoms with Crippen LogP contribution in [0.5, 0.6) is 5.75 Å². The molecule has 3 nitrogen and oxygen atoms in total. The number of halogens is 4. The van der Waals surface area contributed by atoms with Crippen molar-refractivity contribution >= 4 is 34.8 Å². The minimum atomic E-state index is -1.05. The Bertz CT molecular complexity index is 680. The SMILES string of the molecule is O=C(COc1ccc(F)c(F)c1)Nc1cccc(Cl)c1Cl. The second-order valence-corrected chi connectivity index (χ2v) is 4.80. The van der Waals surface area contributed by atoms with Gasteiger partial charge in [-0.05, 0) is 24.3 Å². The fourth-order valence-corrected chi connectivity index (χ4v) is 1.85. The highest BCUT2D eigenvalue weighted by Crippen LogP contribution is 2.29. The van der Waals surface area contributed by atoms with Crippen molar-refractivity contribution in [3.05, 3.63) is 58.1 Å². The lowest BCUT2D eigenvalue weighted by Gasteiger charge is -2.09.